The van der Waals surface area contributed by atoms with Gasteiger partial charge in [0.25, 0.3) is 0 Å². The minimum Gasteiger partial charge on any atom is -0.509 e. The summed E-state index contributed by atoms with van der Waals surface area (Å²) in [7, 11) is 0. The molecule has 0 atom stereocenters. The summed E-state index contributed by atoms with van der Waals surface area (Å²) in [5, 5.41) is 7.02. The van der Waals surface area contributed by atoms with E-state index in [0.29, 0.717) is 11.5 Å². The van der Waals surface area contributed by atoms with Gasteiger partial charge in [-0.25, -0.2) is 4.98 Å². The van der Waals surface area contributed by atoms with E-state index < -0.39 is 0 Å². The Morgan fingerprint density at radius 3 is 1.42 bits per heavy atom. The molecule has 5 heterocycles. The number of hydrogen-bond acceptors (Lipinski definition) is 4. The van der Waals surface area contributed by atoms with E-state index in [4.69, 9.17) is 9.72 Å². The van der Waals surface area contributed by atoms with Gasteiger partial charge in [-0.05, 0) is 110 Å². The number of nitrogens with zero attached hydrogens (tertiary/aromatic N) is 6. The Morgan fingerprint density at radius 1 is 0.410 bits per heavy atom. The van der Waals surface area contributed by atoms with Crippen molar-refractivity contribution in [3.8, 4) is 39.8 Å². The average Bonchev–Trinajstić information content (AvgIpc) is 4.35. The van der Waals surface area contributed by atoms with Crippen molar-refractivity contribution in [1.29, 1.82) is 0 Å². The number of benzene rings is 10. The Labute approximate surface area is 466 Å². The van der Waals surface area contributed by atoms with Crippen molar-refractivity contribution in [3.05, 3.63) is 260 Å². The fourth-order valence-corrected chi connectivity index (χ4v) is 12.4. The molecule has 0 spiro atoms. The molecule has 0 aliphatic carbocycles. The van der Waals surface area contributed by atoms with Gasteiger partial charge < -0.3 is 28.2 Å². The van der Waals surface area contributed by atoms with E-state index in [0.717, 1.165) is 94.8 Å². The number of aryl methyl sites for hydroxylation is 4. The number of pyridine rings is 1. The van der Waals surface area contributed by atoms with E-state index in [1.165, 1.54) is 43.9 Å². The first-order chi connectivity index (χ1) is 37.9. The summed E-state index contributed by atoms with van der Waals surface area (Å²) < 4.78 is 13.8. The van der Waals surface area contributed by atoms with Crippen molar-refractivity contribution in [2.75, 3.05) is 9.80 Å². The molecule has 378 valence electrons. The van der Waals surface area contributed by atoms with E-state index in [1.54, 1.807) is 0 Å². The topological polar surface area (TPSA) is 43.4 Å². The zero-order valence-corrected chi connectivity index (χ0v) is 45.5. The molecule has 0 fully saturated rings. The SMILES string of the molecule is Cc1cc(C)c(N2[CH-]N(c3[c-]c(Oc4[c-]c5c(cc4)c4ccccc4n5-c4cc(C)c(-c5c(-n6c7ccccc7c7ccccc76)cccc5-n5c6ccccc6c6ccccc65)cn4)ccc3)c3ccccc32)c(C)c1.[Pt]. The van der Waals surface area contributed by atoms with Crippen LogP contribution < -0.4 is 14.5 Å². The fraction of sp³-hybridized carbons (Fsp3) is 0.0571. The minimum atomic E-state index is 0. The summed E-state index contributed by atoms with van der Waals surface area (Å²) in [6, 6.07) is 83.0. The Kier molecular flexibility index (Phi) is 11.2. The zero-order valence-electron chi connectivity index (χ0n) is 43.3. The van der Waals surface area contributed by atoms with Crippen LogP contribution in [0.4, 0.5) is 22.7 Å². The largest absolute Gasteiger partial charge is 0.509 e. The van der Waals surface area contributed by atoms with Crippen LogP contribution >= 0.6 is 0 Å². The van der Waals surface area contributed by atoms with Crippen molar-refractivity contribution in [3.63, 3.8) is 0 Å². The van der Waals surface area contributed by atoms with Crippen LogP contribution in [0, 0.1) is 46.5 Å². The van der Waals surface area contributed by atoms with Gasteiger partial charge in [0.15, 0.2) is 0 Å². The first-order valence-electron chi connectivity index (χ1n) is 26.2. The van der Waals surface area contributed by atoms with Gasteiger partial charge in [-0.2, -0.15) is 12.1 Å². The molecule has 8 heteroatoms. The summed E-state index contributed by atoms with van der Waals surface area (Å²) in [6.45, 7) is 10.9. The van der Waals surface area contributed by atoms with E-state index in [-0.39, 0.29) is 21.1 Å². The summed E-state index contributed by atoms with van der Waals surface area (Å²) in [5.74, 6) is 1.96. The first-order valence-corrected chi connectivity index (χ1v) is 26.2. The van der Waals surface area contributed by atoms with Crippen molar-refractivity contribution in [1.82, 2.24) is 18.7 Å². The maximum Gasteiger partial charge on any atom is 0.135 e. The second kappa shape index (κ2) is 18.5. The van der Waals surface area contributed by atoms with Crippen molar-refractivity contribution in [2.24, 2.45) is 0 Å². The molecule has 4 aromatic heterocycles. The molecule has 0 N–H and O–H groups in total. The van der Waals surface area contributed by atoms with Gasteiger partial charge in [0.05, 0.1) is 33.4 Å². The molecular weight excluding hydrogens is 1140 g/mol. The second-order valence-electron chi connectivity index (χ2n) is 20.3. The van der Waals surface area contributed by atoms with Crippen LogP contribution in [0.1, 0.15) is 22.3 Å². The van der Waals surface area contributed by atoms with Gasteiger partial charge in [-0.1, -0.05) is 132 Å². The van der Waals surface area contributed by atoms with Crippen molar-refractivity contribution >= 4 is 88.2 Å². The van der Waals surface area contributed by atoms with Crippen LogP contribution in [0.25, 0.3) is 93.7 Å². The fourth-order valence-electron chi connectivity index (χ4n) is 12.4. The molecule has 1 aliphatic rings. The van der Waals surface area contributed by atoms with Gasteiger partial charge >= 0.3 is 0 Å². The normalized spacial score (nSPS) is 12.4. The third kappa shape index (κ3) is 7.33. The Morgan fingerprint density at radius 2 is 0.872 bits per heavy atom. The summed E-state index contributed by atoms with van der Waals surface area (Å²) >= 11 is 0. The number of fused-ring (bicyclic) bond motifs is 10. The van der Waals surface area contributed by atoms with Crippen LogP contribution in [0.5, 0.6) is 11.5 Å². The average molecular weight is 1190 g/mol. The van der Waals surface area contributed by atoms with Crippen LogP contribution in [0.2, 0.25) is 0 Å². The standard InChI is InChI=1S/C70H49N6O.Pt/c1-44-37-46(3)70(47(4)38-44)73-43-72(63-31-15-16-32-64(63)73)48-19-17-20-49(40-48)77-50-35-36-56-55-25-9-14-30-62(55)76(67(56)41-50)68-39-45(2)57(42-71-68)69-65(74-58-26-10-5-21-51(58)52-22-6-11-27-59(52)74)33-18-34-66(69)75-60-28-12-7-23-53(60)54-24-8-13-29-61(54)75;/h5-39,42-43H,1-4H3;/q-3;. The van der Waals surface area contributed by atoms with Crippen molar-refractivity contribution in [2.45, 2.75) is 27.7 Å². The molecule has 0 bridgehead atoms. The minimum absolute atomic E-state index is 0. The predicted molar refractivity (Wildman–Crippen MR) is 317 cm³/mol. The number of aromatic nitrogens is 4. The van der Waals surface area contributed by atoms with Gasteiger partial charge in [-0.3, -0.25) is 0 Å². The molecule has 0 radical (unpaired) electrons. The molecule has 0 unspecified atom stereocenters. The smallest absolute Gasteiger partial charge is 0.135 e. The Balaban J connectivity index is 0.00000552. The van der Waals surface area contributed by atoms with Crippen molar-refractivity contribution < 1.29 is 25.8 Å². The number of anilines is 4. The zero-order chi connectivity index (χ0) is 51.5. The van der Waals surface area contributed by atoms with Gasteiger partial charge in [0.2, 0.25) is 0 Å². The van der Waals surface area contributed by atoms with Gasteiger partial charge in [-0.15, -0.1) is 48.1 Å². The number of hydrogen-bond donors (Lipinski definition) is 0. The molecule has 0 amide bonds. The first kappa shape index (κ1) is 47.3. The Hall–Kier alpha value is -9.16. The van der Waals surface area contributed by atoms with E-state index >= 15 is 0 Å². The molecule has 78 heavy (non-hydrogen) atoms. The number of ether oxygens (including phenoxy) is 1. The molecule has 1 aliphatic heterocycles. The van der Waals surface area contributed by atoms with Crippen LogP contribution in [-0.2, 0) is 21.1 Å². The third-order valence-corrected chi connectivity index (χ3v) is 15.6. The molecule has 7 nitrogen and oxygen atoms in total. The predicted octanol–water partition coefficient (Wildman–Crippen LogP) is 18.1. The summed E-state index contributed by atoms with van der Waals surface area (Å²) in [4.78, 5) is 9.93. The van der Waals surface area contributed by atoms with Crippen LogP contribution in [0.15, 0.2) is 219 Å². The molecular formula is C70H49N6OPt-3. The second-order valence-corrected chi connectivity index (χ2v) is 20.3. The number of para-hydroxylation sites is 7. The third-order valence-electron chi connectivity index (χ3n) is 15.6. The van der Waals surface area contributed by atoms with Crippen LogP contribution in [-0.4, -0.2) is 18.7 Å². The molecule has 14 aromatic rings. The molecule has 0 saturated carbocycles. The maximum atomic E-state index is 6.74. The van der Waals surface area contributed by atoms with E-state index in [1.807, 2.05) is 18.2 Å². The Bertz CT molecular complexity index is 4470. The van der Waals surface area contributed by atoms with E-state index in [9.17, 15) is 0 Å². The quantitative estimate of drug-likeness (QED) is 0.142. The van der Waals surface area contributed by atoms with Gasteiger partial charge in [0.1, 0.15) is 5.82 Å². The molecule has 0 saturated heterocycles. The van der Waals surface area contributed by atoms with Gasteiger partial charge in [0, 0.05) is 94.0 Å². The maximum absolute atomic E-state index is 6.74. The van der Waals surface area contributed by atoms with E-state index in [2.05, 4.69) is 270 Å². The van der Waals surface area contributed by atoms with Crippen LogP contribution in [0.3, 0.4) is 0 Å². The molecule has 10 aromatic carbocycles. The monoisotopic (exact) mass is 1180 g/mol. The number of rotatable bonds is 8. The summed E-state index contributed by atoms with van der Waals surface area (Å²) in [5.41, 5.74) is 19.8. The molecule has 15 rings (SSSR count). The summed E-state index contributed by atoms with van der Waals surface area (Å²) in [6.07, 6.45) is 2.08.